The van der Waals surface area contributed by atoms with Crippen molar-refractivity contribution >= 4 is 74.9 Å². The highest BCUT2D eigenvalue weighted by Gasteiger charge is 2.50. The fourth-order valence-electron chi connectivity index (χ4n) is 4.55. The molecule has 7 atom stereocenters. The summed E-state index contributed by atoms with van der Waals surface area (Å²) in [6.07, 6.45) is -7.24. The number of nitrogen functional groups attached to an aromatic ring is 1. The second kappa shape index (κ2) is 18.9. The van der Waals surface area contributed by atoms with Gasteiger partial charge in [-0.1, -0.05) is 25.6 Å². The van der Waals surface area contributed by atoms with Crippen LogP contribution in [0.4, 0.5) is 5.82 Å². The number of ketones is 1. The lowest BCUT2D eigenvalue weighted by Crippen LogP contribution is -2.46. The van der Waals surface area contributed by atoms with Crippen LogP contribution >= 0.6 is 35.2 Å². The average molecular weight is 852 g/mol. The van der Waals surface area contributed by atoms with E-state index in [-0.39, 0.29) is 59.6 Å². The number of phosphoric acid groups is 3. The number of aliphatic hydroxyl groups is 2. The number of rotatable bonds is 21. The lowest BCUT2D eigenvalue weighted by atomic mass is 9.87. The minimum atomic E-state index is -5.58. The van der Waals surface area contributed by atoms with Crippen molar-refractivity contribution in [3.05, 3.63) is 12.7 Å². The Balaban J connectivity index is 1.51. The number of thioether (sulfide) groups is 1. The molecule has 2 aromatic rings. The van der Waals surface area contributed by atoms with E-state index in [0.717, 1.165) is 29.0 Å². The van der Waals surface area contributed by atoms with E-state index < -0.39 is 84.6 Å². The number of aliphatic hydroxyl groups excluding tert-OH is 2. The highest BCUT2D eigenvalue weighted by atomic mass is 32.2. The third-order valence-corrected chi connectivity index (χ3v) is 11.1. The van der Waals surface area contributed by atoms with Gasteiger partial charge in [0.2, 0.25) is 11.8 Å². The number of anilines is 1. The Morgan fingerprint density at radius 1 is 1.06 bits per heavy atom. The molecule has 1 fully saturated rings. The zero-order chi connectivity index (χ0) is 40.6. The second-order valence-corrected chi connectivity index (χ2v) is 17.6. The fraction of sp³-hybridized carbons (Fsp3) is 0.640. The van der Waals surface area contributed by atoms with E-state index in [1.54, 1.807) is 0 Å². The molecule has 2 amide bonds. The van der Waals surface area contributed by atoms with Crippen LogP contribution in [0.1, 0.15) is 39.8 Å². The second-order valence-electron chi connectivity index (χ2n) is 12.2. The molecule has 0 radical (unpaired) electrons. The molecule has 29 heteroatoms. The monoisotopic (exact) mass is 851 g/mol. The lowest BCUT2D eigenvalue weighted by molar-refractivity contribution is -0.137. The first-order chi connectivity index (χ1) is 24.9. The number of fused-ring (bicyclic) bond motifs is 1. The van der Waals surface area contributed by atoms with Crippen LogP contribution in [0.25, 0.3) is 11.2 Å². The third-order valence-electron chi connectivity index (χ3n) is 7.16. The molecule has 3 heterocycles. The molecule has 0 bridgehead atoms. The number of carbonyl (C=O) groups excluding carboxylic acids is 4. The van der Waals surface area contributed by atoms with E-state index in [1.165, 1.54) is 20.8 Å². The first-order valence-electron chi connectivity index (χ1n) is 15.5. The van der Waals surface area contributed by atoms with Crippen molar-refractivity contribution in [2.75, 3.05) is 37.8 Å². The number of amides is 2. The summed E-state index contributed by atoms with van der Waals surface area (Å²) >= 11 is 0.878. The van der Waals surface area contributed by atoms with Crippen molar-refractivity contribution < 1.29 is 85.3 Å². The molecule has 304 valence electrons. The van der Waals surface area contributed by atoms with Gasteiger partial charge in [-0.25, -0.2) is 28.6 Å². The third kappa shape index (κ3) is 13.8. The summed E-state index contributed by atoms with van der Waals surface area (Å²) in [6, 6.07) is 0. The molecule has 0 saturated carbocycles. The highest BCUT2D eigenvalue weighted by Crippen LogP contribution is 2.61. The quantitative estimate of drug-likeness (QED) is 0.0398. The maximum atomic E-state index is 12.6. The van der Waals surface area contributed by atoms with Gasteiger partial charge in [-0.15, -0.1) is 0 Å². The Hall–Kier alpha value is -2.77. The van der Waals surface area contributed by atoms with Crippen LogP contribution in [0.2, 0.25) is 0 Å². The highest BCUT2D eigenvalue weighted by molar-refractivity contribution is 8.13. The Morgan fingerprint density at radius 2 is 1.72 bits per heavy atom. The molecular weight excluding hydrogens is 811 g/mol. The Labute approximate surface area is 310 Å². The van der Waals surface area contributed by atoms with Crippen LogP contribution in [-0.4, -0.2) is 128 Å². The summed E-state index contributed by atoms with van der Waals surface area (Å²) in [4.78, 5) is 97.7. The standard InChI is InChI=1S/C25H40N7O18P3S/c1-13(33)8-16(35)54-7-6-27-15(34)4-5-28-23(38)20(37)25(2,3)10-47-53(44,45)50-52(42,43)46-9-14-19(49-51(39,40)41)18(36)24(48-14)32-12-31-17-21(26)29-11-30-22(17)32/h11-12,14,18-20,24,36-37H,4-10H2,1-3H3,(H,27,34)(H,28,38)(H,42,43)(H,44,45)(H2,26,29,30)(H2,39,40,41)/t14-,18?,19+,20-,24-/m1/s1. The summed E-state index contributed by atoms with van der Waals surface area (Å²) < 4.78 is 61.9. The fourth-order valence-corrected chi connectivity index (χ4v) is 8.12. The number of carbonyl (C=O) groups is 4. The lowest BCUT2D eigenvalue weighted by Gasteiger charge is -2.30. The number of hydrogen-bond donors (Lipinski definition) is 9. The van der Waals surface area contributed by atoms with Gasteiger partial charge in [-0.2, -0.15) is 4.31 Å². The Morgan fingerprint density at radius 3 is 2.37 bits per heavy atom. The van der Waals surface area contributed by atoms with Crippen LogP contribution in [0.15, 0.2) is 12.7 Å². The van der Waals surface area contributed by atoms with Gasteiger partial charge in [-0.3, -0.25) is 37.3 Å². The van der Waals surface area contributed by atoms with Gasteiger partial charge in [0.05, 0.1) is 26.0 Å². The van der Waals surface area contributed by atoms with Gasteiger partial charge in [0.25, 0.3) is 0 Å². The first kappa shape index (κ1) is 45.6. The van der Waals surface area contributed by atoms with Crippen molar-refractivity contribution in [3.63, 3.8) is 0 Å². The molecule has 2 aromatic heterocycles. The number of aromatic nitrogens is 4. The van der Waals surface area contributed by atoms with Gasteiger partial charge in [-0.05, 0) is 6.92 Å². The Kier molecular flexibility index (Phi) is 16.0. The van der Waals surface area contributed by atoms with Crippen LogP contribution in [0, 0.1) is 5.41 Å². The van der Waals surface area contributed by atoms with Gasteiger partial charge in [0, 0.05) is 30.7 Å². The number of phosphoric ester groups is 3. The summed E-state index contributed by atoms with van der Waals surface area (Å²) in [7, 11) is -16.4. The smallest absolute Gasteiger partial charge is 0.386 e. The molecule has 0 aliphatic carbocycles. The number of nitrogens with one attached hydrogen (secondary N) is 2. The molecule has 0 spiro atoms. The molecule has 1 saturated heterocycles. The number of Topliss-reactive ketones (excluding diaryl/α,β-unsaturated/α-hetero) is 1. The first-order valence-corrected chi connectivity index (χ1v) is 21.0. The molecule has 25 nitrogen and oxygen atoms in total. The van der Waals surface area contributed by atoms with Crippen molar-refractivity contribution in [2.24, 2.45) is 5.41 Å². The van der Waals surface area contributed by atoms with E-state index >= 15 is 0 Å². The SMILES string of the molecule is CC(=O)CC(=O)SCCNC(=O)CCNC(=O)[C@@H](O)C(C)(C)COP(=O)(O)OP(=O)(O)OC[C@H]1O[C@@H](n2cnc3c(N)ncnc32)C(O)[C@H]1OP(=O)(O)O. The van der Waals surface area contributed by atoms with E-state index in [0.29, 0.717) is 0 Å². The van der Waals surface area contributed by atoms with Gasteiger partial charge < -0.3 is 50.9 Å². The summed E-state index contributed by atoms with van der Waals surface area (Å²) in [6.45, 7) is 1.58. The molecular formula is C25H40N7O18P3S. The largest absolute Gasteiger partial charge is 0.481 e. The van der Waals surface area contributed by atoms with Crippen molar-refractivity contribution in [1.82, 2.24) is 30.2 Å². The van der Waals surface area contributed by atoms with Crippen LogP contribution in [0.3, 0.4) is 0 Å². The molecule has 54 heavy (non-hydrogen) atoms. The number of nitrogens with zero attached hydrogens (tertiary/aromatic N) is 4. The van der Waals surface area contributed by atoms with E-state index in [9.17, 15) is 62.7 Å². The molecule has 3 unspecified atom stereocenters. The molecule has 1 aliphatic heterocycles. The van der Waals surface area contributed by atoms with Gasteiger partial charge >= 0.3 is 23.5 Å². The normalized spacial score (nSPS) is 21.9. The van der Waals surface area contributed by atoms with E-state index in [2.05, 4.69) is 34.4 Å². The number of nitrogens with two attached hydrogens (primary N) is 1. The minimum absolute atomic E-state index is 0.0240. The molecule has 3 rings (SSSR count). The summed E-state index contributed by atoms with van der Waals surface area (Å²) in [5.41, 5.74) is 4.22. The number of imidazole rings is 1. The zero-order valence-electron chi connectivity index (χ0n) is 28.7. The van der Waals surface area contributed by atoms with Crippen molar-refractivity contribution in [3.8, 4) is 0 Å². The molecule has 0 aromatic carbocycles. The van der Waals surface area contributed by atoms with Crippen LogP contribution < -0.4 is 16.4 Å². The minimum Gasteiger partial charge on any atom is -0.386 e. The molecule has 1 aliphatic rings. The summed E-state index contributed by atoms with van der Waals surface area (Å²) in [5.74, 6) is -1.61. The van der Waals surface area contributed by atoms with Crippen LogP contribution in [0.5, 0.6) is 0 Å². The van der Waals surface area contributed by atoms with E-state index in [4.69, 9.17) is 19.5 Å². The predicted molar refractivity (Wildman–Crippen MR) is 182 cm³/mol. The van der Waals surface area contributed by atoms with E-state index in [1.807, 2.05) is 0 Å². The maximum Gasteiger partial charge on any atom is 0.481 e. The van der Waals surface area contributed by atoms with Crippen molar-refractivity contribution in [1.29, 1.82) is 0 Å². The molecule has 10 N–H and O–H groups in total. The van der Waals surface area contributed by atoms with Crippen molar-refractivity contribution in [2.45, 2.75) is 64.3 Å². The number of hydrogen-bond acceptors (Lipinski definition) is 19. The Bertz CT molecular complexity index is 1830. The van der Waals surface area contributed by atoms with Gasteiger partial charge in [0.1, 0.15) is 42.0 Å². The predicted octanol–water partition coefficient (Wildman–Crippen LogP) is -1.36. The zero-order valence-corrected chi connectivity index (χ0v) is 32.2. The van der Waals surface area contributed by atoms with Crippen LogP contribution in [-0.2, 0) is 55.5 Å². The topological polar surface area (TPSA) is 381 Å². The summed E-state index contributed by atoms with van der Waals surface area (Å²) in [5, 5.41) is 25.8. The maximum absolute atomic E-state index is 12.6. The van der Waals surface area contributed by atoms with Gasteiger partial charge in [0.15, 0.2) is 22.8 Å². The average Bonchev–Trinajstić information content (AvgIpc) is 3.60. The number of ether oxygens (including phenoxy) is 1.